The van der Waals surface area contributed by atoms with Gasteiger partial charge in [-0.25, -0.2) is 0 Å². The van der Waals surface area contributed by atoms with E-state index in [-0.39, 0.29) is 5.78 Å². The molecule has 17 heavy (non-hydrogen) atoms. The molecule has 1 fully saturated rings. The van der Waals surface area contributed by atoms with Gasteiger partial charge < -0.3 is 5.73 Å². The van der Waals surface area contributed by atoms with Crippen molar-refractivity contribution >= 4 is 5.78 Å². The second-order valence-corrected chi connectivity index (χ2v) is 4.59. The summed E-state index contributed by atoms with van der Waals surface area (Å²) in [6.07, 6.45) is 3.87. The van der Waals surface area contributed by atoms with Crippen LogP contribution in [0.2, 0.25) is 0 Å². The van der Waals surface area contributed by atoms with Crippen LogP contribution in [0.5, 0.6) is 0 Å². The molecule has 0 amide bonds. The van der Waals surface area contributed by atoms with E-state index in [0.717, 1.165) is 32.5 Å². The maximum atomic E-state index is 11.9. The van der Waals surface area contributed by atoms with E-state index in [9.17, 15) is 4.79 Å². The molecule has 1 aromatic heterocycles. The predicted molar refractivity (Wildman–Crippen MR) is 66.8 cm³/mol. The maximum absolute atomic E-state index is 11.9. The molecule has 1 aliphatic heterocycles. The van der Waals surface area contributed by atoms with Crippen LogP contribution in [0.4, 0.5) is 0 Å². The minimum Gasteiger partial charge on any atom is -0.330 e. The number of nitrogens with zero attached hydrogens (tertiary/aromatic N) is 2. The Bertz CT molecular complexity index is 358. The van der Waals surface area contributed by atoms with E-state index in [1.165, 1.54) is 0 Å². The van der Waals surface area contributed by atoms with E-state index < -0.39 is 0 Å². The second-order valence-electron chi connectivity index (χ2n) is 4.59. The van der Waals surface area contributed by atoms with Crippen molar-refractivity contribution in [3.8, 4) is 0 Å². The second kappa shape index (κ2) is 5.89. The van der Waals surface area contributed by atoms with E-state index in [2.05, 4.69) is 9.88 Å². The Kier molecular flexibility index (Phi) is 4.23. The Hall–Kier alpha value is -1.26. The summed E-state index contributed by atoms with van der Waals surface area (Å²) in [5.74, 6) is 0.744. The summed E-state index contributed by atoms with van der Waals surface area (Å²) in [5.41, 5.74) is 6.21. The SMILES string of the molecule is NCC1CCN(CC(=O)c2ccccn2)CC1. The van der Waals surface area contributed by atoms with E-state index >= 15 is 0 Å². The summed E-state index contributed by atoms with van der Waals surface area (Å²) >= 11 is 0. The molecule has 4 heteroatoms. The van der Waals surface area contributed by atoms with Crippen LogP contribution >= 0.6 is 0 Å². The van der Waals surface area contributed by atoms with E-state index in [4.69, 9.17) is 5.73 Å². The first-order valence-corrected chi connectivity index (χ1v) is 6.16. The number of carbonyl (C=O) groups is 1. The number of rotatable bonds is 4. The molecule has 92 valence electrons. The van der Waals surface area contributed by atoms with E-state index in [1.807, 2.05) is 12.1 Å². The van der Waals surface area contributed by atoms with Gasteiger partial charge in [0.1, 0.15) is 5.69 Å². The van der Waals surface area contributed by atoms with Gasteiger partial charge in [0.05, 0.1) is 6.54 Å². The average molecular weight is 233 g/mol. The van der Waals surface area contributed by atoms with Crippen LogP contribution in [0, 0.1) is 5.92 Å². The third-order valence-electron chi connectivity index (χ3n) is 3.36. The molecule has 2 N–H and O–H groups in total. The first kappa shape index (κ1) is 12.2. The van der Waals surface area contributed by atoms with Gasteiger partial charge in [0, 0.05) is 6.20 Å². The first-order chi connectivity index (χ1) is 8.29. The van der Waals surface area contributed by atoms with Crippen molar-refractivity contribution in [2.24, 2.45) is 11.7 Å². The lowest BCUT2D eigenvalue weighted by atomic mass is 9.97. The van der Waals surface area contributed by atoms with Crippen LogP contribution in [0.1, 0.15) is 23.3 Å². The molecule has 1 aliphatic rings. The Morgan fingerprint density at radius 3 is 2.76 bits per heavy atom. The molecule has 0 aromatic carbocycles. The van der Waals surface area contributed by atoms with Crippen molar-refractivity contribution < 1.29 is 4.79 Å². The maximum Gasteiger partial charge on any atom is 0.195 e. The highest BCUT2D eigenvalue weighted by atomic mass is 16.1. The van der Waals surface area contributed by atoms with Crippen molar-refractivity contribution in [1.82, 2.24) is 9.88 Å². The Morgan fingerprint density at radius 1 is 1.41 bits per heavy atom. The zero-order valence-corrected chi connectivity index (χ0v) is 10.0. The fourth-order valence-electron chi connectivity index (χ4n) is 2.19. The smallest absolute Gasteiger partial charge is 0.195 e. The number of likely N-dealkylation sites (tertiary alicyclic amines) is 1. The standard InChI is InChI=1S/C13H19N3O/c14-9-11-4-7-16(8-5-11)10-13(17)12-3-1-2-6-15-12/h1-3,6,11H,4-5,7-10,14H2. The molecule has 0 saturated carbocycles. The summed E-state index contributed by atoms with van der Waals surface area (Å²) in [6.45, 7) is 3.19. The molecule has 0 radical (unpaired) electrons. The van der Waals surface area contributed by atoms with E-state index in [0.29, 0.717) is 18.2 Å². The van der Waals surface area contributed by atoms with Gasteiger partial charge in [0.25, 0.3) is 0 Å². The van der Waals surface area contributed by atoms with Gasteiger partial charge in [-0.3, -0.25) is 14.7 Å². The molecule has 0 bridgehead atoms. The zero-order valence-electron chi connectivity index (χ0n) is 10.0. The Labute approximate surface area is 102 Å². The van der Waals surface area contributed by atoms with Crippen LogP contribution in [0.15, 0.2) is 24.4 Å². The molecular weight excluding hydrogens is 214 g/mol. The highest BCUT2D eigenvalue weighted by Gasteiger charge is 2.20. The Morgan fingerprint density at radius 2 is 2.18 bits per heavy atom. The number of aromatic nitrogens is 1. The highest BCUT2D eigenvalue weighted by molar-refractivity contribution is 5.95. The van der Waals surface area contributed by atoms with Gasteiger partial charge in [0.15, 0.2) is 5.78 Å². The number of hydrogen-bond acceptors (Lipinski definition) is 4. The molecule has 0 unspecified atom stereocenters. The highest BCUT2D eigenvalue weighted by Crippen LogP contribution is 2.15. The molecule has 4 nitrogen and oxygen atoms in total. The molecule has 1 aromatic rings. The number of Topliss-reactive ketones (excluding diaryl/α,β-unsaturated/α-hetero) is 1. The average Bonchev–Trinajstić information content (AvgIpc) is 2.40. The van der Waals surface area contributed by atoms with Gasteiger partial charge in [-0.2, -0.15) is 0 Å². The molecular formula is C13H19N3O. The number of carbonyl (C=O) groups excluding carboxylic acids is 1. The third-order valence-corrected chi connectivity index (χ3v) is 3.36. The normalized spacial score (nSPS) is 18.2. The summed E-state index contributed by atoms with van der Waals surface area (Å²) in [4.78, 5) is 18.2. The van der Waals surface area contributed by atoms with Gasteiger partial charge in [0.2, 0.25) is 0 Å². The summed E-state index contributed by atoms with van der Waals surface area (Å²) < 4.78 is 0. The van der Waals surface area contributed by atoms with Crippen molar-refractivity contribution in [1.29, 1.82) is 0 Å². The monoisotopic (exact) mass is 233 g/mol. The third kappa shape index (κ3) is 3.35. The van der Waals surface area contributed by atoms with Crippen molar-refractivity contribution in [2.45, 2.75) is 12.8 Å². The largest absolute Gasteiger partial charge is 0.330 e. The number of pyridine rings is 1. The van der Waals surface area contributed by atoms with Crippen LogP contribution < -0.4 is 5.73 Å². The summed E-state index contributed by atoms with van der Waals surface area (Å²) in [5, 5.41) is 0. The molecule has 0 aliphatic carbocycles. The number of hydrogen-bond donors (Lipinski definition) is 1. The molecule has 2 rings (SSSR count). The number of piperidine rings is 1. The fraction of sp³-hybridized carbons (Fsp3) is 0.538. The lowest BCUT2D eigenvalue weighted by Gasteiger charge is -2.30. The summed E-state index contributed by atoms with van der Waals surface area (Å²) in [6, 6.07) is 5.44. The van der Waals surface area contributed by atoms with Crippen LogP contribution in [0.25, 0.3) is 0 Å². The van der Waals surface area contributed by atoms with Gasteiger partial charge in [-0.05, 0) is 50.5 Å². The lowest BCUT2D eigenvalue weighted by Crippen LogP contribution is -2.39. The van der Waals surface area contributed by atoms with E-state index in [1.54, 1.807) is 12.3 Å². The minimum absolute atomic E-state index is 0.108. The van der Waals surface area contributed by atoms with Crippen LogP contribution in [-0.4, -0.2) is 41.8 Å². The zero-order chi connectivity index (χ0) is 12.1. The minimum atomic E-state index is 0.108. The number of ketones is 1. The van der Waals surface area contributed by atoms with Gasteiger partial charge in [-0.1, -0.05) is 6.07 Å². The first-order valence-electron chi connectivity index (χ1n) is 6.16. The summed E-state index contributed by atoms with van der Waals surface area (Å²) in [7, 11) is 0. The van der Waals surface area contributed by atoms with Crippen LogP contribution in [0.3, 0.4) is 0 Å². The molecule has 0 atom stereocenters. The number of nitrogens with two attached hydrogens (primary N) is 1. The molecule has 2 heterocycles. The van der Waals surface area contributed by atoms with Gasteiger partial charge >= 0.3 is 0 Å². The molecule has 1 saturated heterocycles. The lowest BCUT2D eigenvalue weighted by molar-refractivity contribution is 0.0893. The van der Waals surface area contributed by atoms with Crippen molar-refractivity contribution in [3.63, 3.8) is 0 Å². The topological polar surface area (TPSA) is 59.2 Å². The Balaban J connectivity index is 1.84. The molecule has 0 spiro atoms. The van der Waals surface area contributed by atoms with Crippen LogP contribution in [-0.2, 0) is 0 Å². The van der Waals surface area contributed by atoms with Gasteiger partial charge in [-0.15, -0.1) is 0 Å². The fourth-order valence-corrected chi connectivity index (χ4v) is 2.19. The quantitative estimate of drug-likeness (QED) is 0.786. The predicted octanol–water partition coefficient (Wildman–Crippen LogP) is 0.935. The van der Waals surface area contributed by atoms with Crippen molar-refractivity contribution in [2.75, 3.05) is 26.2 Å². The van der Waals surface area contributed by atoms with Crippen molar-refractivity contribution in [3.05, 3.63) is 30.1 Å².